The summed E-state index contributed by atoms with van der Waals surface area (Å²) in [7, 11) is 1.35. The van der Waals surface area contributed by atoms with E-state index >= 15 is 0 Å². The SMILES string of the molecule is COc1cc(-c2oc3cc(O)cc(O)c3c(=O)c2O)ccc1O.O=c1c(O)c(-c2ccccc2)oc2ccccc12. The van der Waals surface area contributed by atoms with Gasteiger partial charge in [-0.05, 0) is 30.3 Å². The van der Waals surface area contributed by atoms with Gasteiger partial charge in [-0.25, -0.2) is 0 Å². The predicted molar refractivity (Wildman–Crippen MR) is 151 cm³/mol. The minimum atomic E-state index is -0.842. The van der Waals surface area contributed by atoms with Gasteiger partial charge in [0.1, 0.15) is 28.1 Å². The van der Waals surface area contributed by atoms with Crippen molar-refractivity contribution in [2.45, 2.75) is 0 Å². The van der Waals surface area contributed by atoms with E-state index in [0.29, 0.717) is 16.5 Å². The Balaban J connectivity index is 0.000000169. The Morgan fingerprint density at radius 2 is 1.24 bits per heavy atom. The third-order valence-corrected chi connectivity index (χ3v) is 6.19. The van der Waals surface area contributed by atoms with Crippen molar-refractivity contribution in [3.05, 3.63) is 105 Å². The van der Waals surface area contributed by atoms with Crippen LogP contribution in [-0.2, 0) is 0 Å². The molecule has 0 spiro atoms. The van der Waals surface area contributed by atoms with Gasteiger partial charge in [-0.15, -0.1) is 0 Å². The largest absolute Gasteiger partial charge is 0.508 e. The van der Waals surface area contributed by atoms with Crippen molar-refractivity contribution in [2.24, 2.45) is 0 Å². The van der Waals surface area contributed by atoms with Crippen LogP contribution in [0.15, 0.2) is 103 Å². The summed E-state index contributed by atoms with van der Waals surface area (Å²) in [5.41, 5.74) is 0.0878. The van der Waals surface area contributed by atoms with Crippen LogP contribution in [-0.4, -0.2) is 32.6 Å². The number of hydrogen-bond acceptors (Lipinski definition) is 10. The monoisotopic (exact) mass is 554 g/mol. The van der Waals surface area contributed by atoms with Gasteiger partial charge in [0.05, 0.1) is 12.5 Å². The fourth-order valence-electron chi connectivity index (χ4n) is 4.21. The lowest BCUT2D eigenvalue weighted by Gasteiger charge is -2.09. The Morgan fingerprint density at radius 3 is 1.98 bits per heavy atom. The molecule has 0 saturated heterocycles. The second-order valence-electron chi connectivity index (χ2n) is 8.80. The predicted octanol–water partition coefficient (Wildman–Crippen LogP) is 5.46. The summed E-state index contributed by atoms with van der Waals surface area (Å²) in [5.74, 6) is -1.80. The van der Waals surface area contributed by atoms with Crippen molar-refractivity contribution in [3.8, 4) is 57.1 Å². The Hall–Kier alpha value is -5.90. The van der Waals surface area contributed by atoms with Crippen molar-refractivity contribution in [3.63, 3.8) is 0 Å². The van der Waals surface area contributed by atoms with Crippen LogP contribution in [0.5, 0.6) is 34.5 Å². The van der Waals surface area contributed by atoms with E-state index < -0.39 is 22.4 Å². The number of ether oxygens (including phenoxy) is 1. The molecule has 0 aliphatic carbocycles. The molecule has 6 aromatic rings. The number of benzene rings is 4. The lowest BCUT2D eigenvalue weighted by atomic mass is 10.1. The van der Waals surface area contributed by atoms with Gasteiger partial charge in [-0.3, -0.25) is 9.59 Å². The minimum absolute atomic E-state index is 0.0904. The number of para-hydroxylation sites is 1. The smallest absolute Gasteiger partial charge is 0.238 e. The van der Waals surface area contributed by atoms with E-state index in [1.54, 1.807) is 36.4 Å². The molecule has 10 nitrogen and oxygen atoms in total. The number of aromatic hydroxyl groups is 5. The molecule has 10 heteroatoms. The minimum Gasteiger partial charge on any atom is -0.508 e. The number of rotatable bonds is 3. The molecule has 0 amide bonds. The molecule has 0 aliphatic heterocycles. The van der Waals surface area contributed by atoms with Crippen molar-refractivity contribution in [1.82, 2.24) is 0 Å². The second-order valence-corrected chi connectivity index (χ2v) is 8.80. The topological polar surface area (TPSA) is 171 Å². The van der Waals surface area contributed by atoms with Crippen LogP contribution in [0.1, 0.15) is 0 Å². The highest BCUT2D eigenvalue weighted by Crippen LogP contribution is 2.38. The molecule has 4 aromatic carbocycles. The van der Waals surface area contributed by atoms with E-state index in [4.69, 9.17) is 13.6 Å². The number of fused-ring (bicyclic) bond motifs is 2. The molecule has 0 fully saturated rings. The van der Waals surface area contributed by atoms with Crippen LogP contribution in [0.2, 0.25) is 0 Å². The van der Waals surface area contributed by atoms with Gasteiger partial charge in [-0.1, -0.05) is 42.5 Å². The normalized spacial score (nSPS) is 10.8. The molecule has 6 rings (SSSR count). The second kappa shape index (κ2) is 10.7. The lowest BCUT2D eigenvalue weighted by molar-refractivity contribution is 0.373. The van der Waals surface area contributed by atoms with Crippen LogP contribution in [0.25, 0.3) is 44.6 Å². The standard InChI is InChI=1S/C16H12O7.C15H10O3/c1-22-11-4-7(2-3-9(11)18)16-15(21)14(20)13-10(19)5-8(17)6-12(13)23-16;16-13-11-8-4-5-9-12(11)18-15(14(13)17)10-6-2-1-3-7-10/h2-6,17-19,21H,1H3;1-9,17H. The number of phenols is 3. The first-order valence-electron chi connectivity index (χ1n) is 12.1. The molecule has 0 unspecified atom stereocenters. The van der Waals surface area contributed by atoms with E-state index in [2.05, 4.69) is 0 Å². The van der Waals surface area contributed by atoms with Gasteiger partial charge in [0.15, 0.2) is 23.0 Å². The maximum absolute atomic E-state index is 12.2. The van der Waals surface area contributed by atoms with E-state index in [9.17, 15) is 35.1 Å². The zero-order valence-electron chi connectivity index (χ0n) is 21.4. The molecule has 2 aromatic heterocycles. The van der Waals surface area contributed by atoms with Gasteiger partial charge >= 0.3 is 0 Å². The fourth-order valence-corrected chi connectivity index (χ4v) is 4.21. The summed E-state index contributed by atoms with van der Waals surface area (Å²) in [6.07, 6.45) is 0. The molecular formula is C31H22O10. The molecule has 0 saturated carbocycles. The average molecular weight is 555 g/mol. The highest BCUT2D eigenvalue weighted by atomic mass is 16.5. The highest BCUT2D eigenvalue weighted by molar-refractivity contribution is 5.88. The number of phenolic OH excluding ortho intramolecular Hbond substituents is 3. The van der Waals surface area contributed by atoms with E-state index in [0.717, 1.165) is 12.1 Å². The fraction of sp³-hybridized carbons (Fsp3) is 0.0323. The Morgan fingerprint density at radius 1 is 0.610 bits per heavy atom. The Bertz CT molecular complexity index is 2020. The van der Waals surface area contributed by atoms with Crippen LogP contribution in [0, 0.1) is 0 Å². The van der Waals surface area contributed by atoms with E-state index in [1.165, 1.54) is 25.3 Å². The van der Waals surface area contributed by atoms with Crippen LogP contribution < -0.4 is 15.6 Å². The molecule has 2 heterocycles. The van der Waals surface area contributed by atoms with Crippen molar-refractivity contribution < 1.29 is 39.1 Å². The van der Waals surface area contributed by atoms with Crippen LogP contribution in [0.4, 0.5) is 0 Å². The zero-order valence-corrected chi connectivity index (χ0v) is 21.4. The molecule has 206 valence electrons. The first-order valence-corrected chi connectivity index (χ1v) is 12.1. The lowest BCUT2D eigenvalue weighted by Crippen LogP contribution is -2.03. The quantitative estimate of drug-likeness (QED) is 0.189. The van der Waals surface area contributed by atoms with Crippen molar-refractivity contribution in [1.29, 1.82) is 0 Å². The summed E-state index contributed by atoms with van der Waals surface area (Å²) < 4.78 is 16.0. The first-order chi connectivity index (χ1) is 19.7. The summed E-state index contributed by atoms with van der Waals surface area (Å²) >= 11 is 0. The van der Waals surface area contributed by atoms with Gasteiger partial charge in [0, 0.05) is 23.3 Å². The maximum Gasteiger partial charge on any atom is 0.238 e. The van der Waals surface area contributed by atoms with Crippen LogP contribution >= 0.6 is 0 Å². The van der Waals surface area contributed by atoms with Gasteiger partial charge in [-0.2, -0.15) is 0 Å². The molecule has 0 radical (unpaired) electrons. The Kier molecular flexibility index (Phi) is 6.96. The van der Waals surface area contributed by atoms with Crippen molar-refractivity contribution >= 4 is 21.9 Å². The molecule has 0 aliphatic rings. The highest BCUT2D eigenvalue weighted by Gasteiger charge is 2.20. The van der Waals surface area contributed by atoms with E-state index in [1.807, 2.05) is 18.2 Å². The average Bonchev–Trinajstić information content (AvgIpc) is 2.97. The number of hydrogen-bond donors (Lipinski definition) is 5. The van der Waals surface area contributed by atoms with Gasteiger partial charge in [0.2, 0.25) is 22.4 Å². The van der Waals surface area contributed by atoms with Crippen LogP contribution in [0.3, 0.4) is 0 Å². The third-order valence-electron chi connectivity index (χ3n) is 6.19. The molecule has 5 N–H and O–H groups in total. The summed E-state index contributed by atoms with van der Waals surface area (Å²) in [5, 5.41) is 49.0. The van der Waals surface area contributed by atoms with Gasteiger partial charge < -0.3 is 39.1 Å². The third kappa shape index (κ3) is 4.97. The molecule has 0 atom stereocenters. The Labute approximate surface area is 230 Å². The first kappa shape index (κ1) is 26.7. The zero-order chi connectivity index (χ0) is 29.3. The summed E-state index contributed by atoms with van der Waals surface area (Å²) in [6.45, 7) is 0. The number of methoxy groups -OCH3 is 1. The molecule has 0 bridgehead atoms. The van der Waals surface area contributed by atoms with Gasteiger partial charge in [0.25, 0.3) is 0 Å². The summed E-state index contributed by atoms with van der Waals surface area (Å²) in [4.78, 5) is 24.3. The maximum atomic E-state index is 12.2. The van der Waals surface area contributed by atoms with Crippen molar-refractivity contribution in [2.75, 3.05) is 7.11 Å². The summed E-state index contributed by atoms with van der Waals surface area (Å²) in [6, 6.07) is 22.2. The van der Waals surface area contributed by atoms with E-state index in [-0.39, 0.29) is 51.1 Å². The molecule has 41 heavy (non-hydrogen) atoms. The molecular weight excluding hydrogens is 532 g/mol.